The number of esters is 1. The fraction of sp³-hybridized carbons (Fsp3) is 0.607. The van der Waals surface area contributed by atoms with Crippen LogP contribution in [0.15, 0.2) is 24.4 Å². The molecular weight excluding hydrogens is 570 g/mol. The van der Waals surface area contributed by atoms with Crippen LogP contribution in [0.3, 0.4) is 0 Å². The van der Waals surface area contributed by atoms with Gasteiger partial charge in [-0.2, -0.15) is 18.3 Å². The van der Waals surface area contributed by atoms with Gasteiger partial charge in [0.2, 0.25) is 0 Å². The van der Waals surface area contributed by atoms with Gasteiger partial charge in [0.25, 0.3) is 5.91 Å². The molecule has 40 heavy (non-hydrogen) atoms. The zero-order valence-corrected chi connectivity index (χ0v) is 24.2. The first-order valence-electron chi connectivity index (χ1n) is 13.4. The van der Waals surface area contributed by atoms with Gasteiger partial charge in [-0.3, -0.25) is 14.3 Å². The Morgan fingerprint density at radius 2 is 1.77 bits per heavy atom. The maximum absolute atomic E-state index is 14.4. The van der Waals surface area contributed by atoms with E-state index in [0.717, 1.165) is 23.7 Å². The number of hydrogen-bond donors (Lipinski definition) is 2. The first-order valence-corrected chi connectivity index (χ1v) is 14.2. The monoisotopic (exact) mass is 603 g/mol. The number of benzene rings is 1. The number of alkyl halides is 3. The second-order valence-electron chi connectivity index (χ2n) is 11.4. The van der Waals surface area contributed by atoms with Crippen molar-refractivity contribution < 1.29 is 32.6 Å². The van der Waals surface area contributed by atoms with Crippen LogP contribution in [0.1, 0.15) is 99.5 Å². The van der Waals surface area contributed by atoms with Gasteiger partial charge < -0.3 is 15.2 Å². The van der Waals surface area contributed by atoms with Gasteiger partial charge >= 0.3 is 12.1 Å². The first kappa shape index (κ1) is 30.7. The van der Waals surface area contributed by atoms with E-state index in [1.165, 1.54) is 0 Å². The normalized spacial score (nSPS) is 23.8. The zero-order chi connectivity index (χ0) is 29.5. The molecule has 2 fully saturated rings. The van der Waals surface area contributed by atoms with Crippen LogP contribution in [-0.4, -0.2) is 39.4 Å². The van der Waals surface area contributed by atoms with Crippen LogP contribution in [0.2, 0.25) is 10.0 Å². The molecule has 2 aliphatic carbocycles. The Hall–Kier alpha value is -2.30. The van der Waals surface area contributed by atoms with E-state index in [1.807, 2.05) is 6.92 Å². The number of aliphatic hydroxyl groups is 1. The molecule has 0 bridgehead atoms. The van der Waals surface area contributed by atoms with Gasteiger partial charge in [-0.25, -0.2) is 0 Å². The Balaban J connectivity index is 1.55. The predicted octanol–water partition coefficient (Wildman–Crippen LogP) is 6.92. The van der Waals surface area contributed by atoms with Gasteiger partial charge in [0, 0.05) is 21.7 Å². The van der Waals surface area contributed by atoms with Gasteiger partial charge in [-0.1, -0.05) is 36.2 Å². The summed E-state index contributed by atoms with van der Waals surface area (Å²) in [6.07, 6.45) is -2.25. The van der Waals surface area contributed by atoms with Crippen molar-refractivity contribution in [3.8, 4) is 0 Å². The third-order valence-corrected chi connectivity index (χ3v) is 9.12. The molecule has 2 aromatic rings. The highest BCUT2D eigenvalue weighted by Crippen LogP contribution is 2.51. The quantitative estimate of drug-likeness (QED) is 0.304. The van der Waals surface area contributed by atoms with Crippen molar-refractivity contribution in [1.82, 2.24) is 15.1 Å². The van der Waals surface area contributed by atoms with Gasteiger partial charge in [0.15, 0.2) is 5.69 Å². The lowest BCUT2D eigenvalue weighted by Crippen LogP contribution is -2.42. The molecule has 12 heteroatoms. The van der Waals surface area contributed by atoms with Gasteiger partial charge in [0.1, 0.15) is 0 Å². The molecule has 7 nitrogen and oxygen atoms in total. The summed E-state index contributed by atoms with van der Waals surface area (Å²) < 4.78 is 49.1. The van der Waals surface area contributed by atoms with Gasteiger partial charge in [-0.15, -0.1) is 0 Å². The maximum Gasteiger partial charge on any atom is 0.433 e. The summed E-state index contributed by atoms with van der Waals surface area (Å²) >= 11 is 12.5. The molecule has 2 N–H and O–H groups in total. The highest BCUT2D eigenvalue weighted by atomic mass is 35.5. The maximum atomic E-state index is 14.4. The van der Waals surface area contributed by atoms with E-state index in [1.54, 1.807) is 32.0 Å². The van der Waals surface area contributed by atoms with Crippen LogP contribution in [0.5, 0.6) is 0 Å². The van der Waals surface area contributed by atoms with Crippen LogP contribution in [0, 0.1) is 10.8 Å². The summed E-state index contributed by atoms with van der Waals surface area (Å²) in [6, 6.07) is 3.56. The molecule has 2 atom stereocenters. The van der Waals surface area contributed by atoms with Crippen molar-refractivity contribution in [2.24, 2.45) is 10.8 Å². The minimum Gasteiger partial charge on any atom is -0.466 e. The van der Waals surface area contributed by atoms with E-state index in [4.69, 9.17) is 27.9 Å². The van der Waals surface area contributed by atoms with E-state index in [-0.39, 0.29) is 47.3 Å². The first-order chi connectivity index (χ1) is 18.7. The molecule has 1 amide bonds. The summed E-state index contributed by atoms with van der Waals surface area (Å²) in [5.41, 5.74) is -2.55. The third-order valence-electron chi connectivity index (χ3n) is 8.46. The Morgan fingerprint density at radius 1 is 1.18 bits per heavy atom. The van der Waals surface area contributed by atoms with Gasteiger partial charge in [-0.05, 0) is 76.3 Å². The largest absolute Gasteiger partial charge is 0.466 e. The molecule has 0 saturated heterocycles. The number of ether oxygens (including phenoxy) is 1. The standard InChI is InChI=1S/C28H34Cl2F3N3O4/c1-4-40-25(39)27(3)10-8-16(9-11-27)36-23(28(31,32)33)17(15-34-36)24(38)35-21(26(2)12-13-26)14-20(37)22-18(29)6-5-7-19(22)30/h5-7,15-16,20-21,37H,4,8-14H2,1-3H3,(H,35,38). The molecular formula is C28H34Cl2F3N3O4. The Morgan fingerprint density at radius 3 is 2.30 bits per heavy atom. The Labute approximate surface area is 241 Å². The zero-order valence-electron chi connectivity index (χ0n) is 22.7. The summed E-state index contributed by atoms with van der Waals surface area (Å²) in [5, 5.41) is 18.2. The summed E-state index contributed by atoms with van der Waals surface area (Å²) in [5.74, 6) is -1.27. The molecule has 1 aromatic carbocycles. The van der Waals surface area contributed by atoms with Gasteiger partial charge in [0.05, 0.1) is 35.9 Å². The van der Waals surface area contributed by atoms with Crippen molar-refractivity contribution in [2.45, 2.75) is 90.1 Å². The summed E-state index contributed by atoms with van der Waals surface area (Å²) in [7, 11) is 0. The van der Waals surface area contributed by atoms with Crippen molar-refractivity contribution in [3.63, 3.8) is 0 Å². The van der Waals surface area contributed by atoms with Crippen LogP contribution < -0.4 is 5.32 Å². The number of nitrogens with zero attached hydrogens (tertiary/aromatic N) is 2. The van der Waals surface area contributed by atoms with E-state index in [0.29, 0.717) is 18.4 Å². The topological polar surface area (TPSA) is 93.5 Å². The minimum absolute atomic E-state index is 0.0241. The van der Waals surface area contributed by atoms with Crippen LogP contribution in [-0.2, 0) is 15.7 Å². The Kier molecular flexibility index (Phi) is 8.83. The number of aromatic nitrogens is 2. The highest BCUT2D eigenvalue weighted by molar-refractivity contribution is 6.36. The van der Waals surface area contributed by atoms with Crippen LogP contribution in [0.4, 0.5) is 13.2 Å². The number of carbonyl (C=O) groups is 2. The minimum atomic E-state index is -4.84. The number of rotatable bonds is 9. The molecule has 1 heterocycles. The van der Waals surface area contributed by atoms with E-state index in [9.17, 15) is 27.9 Å². The number of hydrogen-bond acceptors (Lipinski definition) is 5. The number of amides is 1. The second-order valence-corrected chi connectivity index (χ2v) is 12.2. The Bertz CT molecular complexity index is 1230. The molecule has 1 aromatic heterocycles. The fourth-order valence-corrected chi connectivity index (χ4v) is 6.20. The molecule has 4 rings (SSSR count). The highest BCUT2D eigenvalue weighted by Gasteiger charge is 2.48. The molecule has 2 saturated carbocycles. The third kappa shape index (κ3) is 6.29. The molecule has 2 aliphatic rings. The number of halogens is 5. The van der Waals surface area contributed by atoms with E-state index >= 15 is 0 Å². The van der Waals surface area contributed by atoms with Crippen LogP contribution >= 0.6 is 23.2 Å². The van der Waals surface area contributed by atoms with Crippen molar-refractivity contribution in [3.05, 3.63) is 51.3 Å². The lowest BCUT2D eigenvalue weighted by atomic mass is 9.74. The lowest BCUT2D eigenvalue weighted by Gasteiger charge is -2.35. The molecule has 0 aliphatic heterocycles. The molecule has 2 unspecified atom stereocenters. The summed E-state index contributed by atoms with van der Waals surface area (Å²) in [6.45, 7) is 5.61. The van der Waals surface area contributed by atoms with Crippen LogP contribution in [0.25, 0.3) is 0 Å². The predicted molar refractivity (Wildman–Crippen MR) is 144 cm³/mol. The average molecular weight is 604 g/mol. The lowest BCUT2D eigenvalue weighted by molar-refractivity contribution is -0.157. The smallest absolute Gasteiger partial charge is 0.433 e. The van der Waals surface area contributed by atoms with E-state index in [2.05, 4.69) is 10.4 Å². The molecule has 0 radical (unpaired) electrons. The SMILES string of the molecule is CCOC(=O)C1(C)CCC(n2ncc(C(=O)NC(CC(O)c3c(Cl)cccc3Cl)C3(C)CC3)c2C(F)(F)F)CC1. The van der Waals surface area contributed by atoms with Crippen molar-refractivity contribution in [1.29, 1.82) is 0 Å². The van der Waals surface area contributed by atoms with Crippen molar-refractivity contribution >= 4 is 35.1 Å². The second kappa shape index (κ2) is 11.5. The number of carbonyl (C=O) groups excluding carboxylic acids is 2. The number of nitrogens with one attached hydrogen (secondary N) is 1. The molecule has 220 valence electrons. The average Bonchev–Trinajstić information content (AvgIpc) is 3.45. The van der Waals surface area contributed by atoms with E-state index < -0.39 is 46.9 Å². The summed E-state index contributed by atoms with van der Waals surface area (Å²) in [4.78, 5) is 25.7. The number of aliphatic hydroxyl groups excluding tert-OH is 1. The van der Waals surface area contributed by atoms with Crippen molar-refractivity contribution in [2.75, 3.05) is 6.61 Å². The molecule has 0 spiro atoms. The fourth-order valence-electron chi connectivity index (χ4n) is 5.55.